The van der Waals surface area contributed by atoms with Gasteiger partial charge in [0.25, 0.3) is 5.91 Å². The summed E-state index contributed by atoms with van der Waals surface area (Å²) in [5.41, 5.74) is 6.19. The van der Waals surface area contributed by atoms with Gasteiger partial charge in [0.1, 0.15) is 20.6 Å². The Labute approximate surface area is 129 Å². The van der Waals surface area contributed by atoms with E-state index < -0.39 is 9.84 Å². The van der Waals surface area contributed by atoms with E-state index in [1.807, 2.05) is 0 Å². The first kappa shape index (κ1) is 17.4. The molecule has 0 bridgehead atoms. The zero-order chi connectivity index (χ0) is 16.0. The van der Waals surface area contributed by atoms with E-state index in [1.165, 1.54) is 11.9 Å². The van der Waals surface area contributed by atoms with Crippen molar-refractivity contribution in [3.8, 4) is 5.75 Å². The van der Waals surface area contributed by atoms with Gasteiger partial charge in [-0.3, -0.25) is 4.79 Å². The van der Waals surface area contributed by atoms with E-state index >= 15 is 0 Å². The summed E-state index contributed by atoms with van der Waals surface area (Å²) < 4.78 is 27.4. The van der Waals surface area contributed by atoms with Gasteiger partial charge >= 0.3 is 0 Å². The Morgan fingerprint density at radius 2 is 1.90 bits per heavy atom. The van der Waals surface area contributed by atoms with Crippen LogP contribution in [-0.4, -0.2) is 56.4 Å². The molecule has 1 aromatic rings. The van der Waals surface area contributed by atoms with Crippen LogP contribution in [0, 0.1) is 0 Å². The number of ether oxygens (including phenoxy) is 1. The fraction of sp³-hybridized carbons (Fsp3) is 0.385. The average Bonchev–Trinajstić information content (AvgIpc) is 2.41. The zero-order valence-electron chi connectivity index (χ0n) is 11.9. The van der Waals surface area contributed by atoms with E-state index in [-0.39, 0.29) is 29.8 Å². The lowest BCUT2D eigenvalue weighted by Crippen LogP contribution is -2.34. The number of nitrogens with zero attached hydrogens (tertiary/aromatic N) is 1. The Hall–Kier alpha value is -1.67. The molecule has 0 aliphatic heterocycles. The molecule has 0 atom stereocenters. The molecule has 2 N–H and O–H groups in total. The number of hydrogen-bond acceptors (Lipinski definition) is 5. The highest BCUT2D eigenvalue weighted by Gasteiger charge is 2.12. The average molecular weight is 330 g/mol. The van der Waals surface area contributed by atoms with Gasteiger partial charge in [0, 0.05) is 25.4 Å². The molecule has 0 spiro atoms. The van der Waals surface area contributed by atoms with E-state index in [0.717, 1.165) is 6.26 Å². The fourth-order valence-electron chi connectivity index (χ4n) is 1.40. The summed E-state index contributed by atoms with van der Waals surface area (Å²) >= 11 is 4.83. The van der Waals surface area contributed by atoms with E-state index in [4.69, 9.17) is 22.7 Å². The smallest absolute Gasteiger partial charge is 0.260 e. The Bertz CT molecular complexity index is 612. The molecule has 0 aliphatic carbocycles. The van der Waals surface area contributed by atoms with Crippen molar-refractivity contribution in [2.75, 3.05) is 32.2 Å². The number of sulfone groups is 1. The summed E-state index contributed by atoms with van der Waals surface area (Å²) in [5.74, 6) is 0.148. The maximum Gasteiger partial charge on any atom is 0.260 e. The molecule has 1 amide bonds. The standard InChI is InChI=1S/C13H18N2O4S2/c1-15(7-8-21(2,17)18)12(16)9-19-11-5-3-10(4-6-11)13(14)20/h3-6H,7-9H2,1-2H3,(H2,14,20). The minimum absolute atomic E-state index is 0.0715. The lowest BCUT2D eigenvalue weighted by atomic mass is 10.2. The monoisotopic (exact) mass is 330 g/mol. The molecule has 0 unspecified atom stereocenters. The van der Waals surface area contributed by atoms with Crippen molar-refractivity contribution in [1.29, 1.82) is 0 Å². The second kappa shape index (κ2) is 7.37. The van der Waals surface area contributed by atoms with Gasteiger partial charge in [-0.15, -0.1) is 0 Å². The zero-order valence-corrected chi connectivity index (χ0v) is 13.5. The topological polar surface area (TPSA) is 89.7 Å². The quantitative estimate of drug-likeness (QED) is 0.719. The summed E-state index contributed by atoms with van der Waals surface area (Å²) in [6.07, 6.45) is 1.13. The van der Waals surface area contributed by atoms with E-state index in [0.29, 0.717) is 11.3 Å². The SMILES string of the molecule is CN(CCS(C)(=O)=O)C(=O)COc1ccc(C(N)=S)cc1. The van der Waals surface area contributed by atoms with Crippen LogP contribution in [0.1, 0.15) is 5.56 Å². The molecule has 0 aliphatic rings. The molecule has 116 valence electrons. The van der Waals surface area contributed by atoms with Crippen molar-refractivity contribution < 1.29 is 17.9 Å². The van der Waals surface area contributed by atoms with Crippen molar-refractivity contribution in [1.82, 2.24) is 4.90 Å². The number of amides is 1. The van der Waals surface area contributed by atoms with Crippen LogP contribution in [-0.2, 0) is 14.6 Å². The third-order valence-corrected chi connectivity index (χ3v) is 3.88. The number of carbonyl (C=O) groups is 1. The van der Waals surface area contributed by atoms with Gasteiger partial charge in [-0.1, -0.05) is 12.2 Å². The summed E-state index contributed by atoms with van der Waals surface area (Å²) in [6.45, 7) is -0.0198. The van der Waals surface area contributed by atoms with Crippen molar-refractivity contribution >= 4 is 33.0 Å². The number of thiocarbonyl (C=S) groups is 1. The number of rotatable bonds is 7. The Morgan fingerprint density at radius 3 is 2.38 bits per heavy atom. The lowest BCUT2D eigenvalue weighted by Gasteiger charge is -2.16. The molecule has 1 aromatic carbocycles. The molecule has 0 aromatic heterocycles. The minimum Gasteiger partial charge on any atom is -0.484 e. The molecule has 0 saturated carbocycles. The molecule has 1 rings (SSSR count). The first-order valence-electron chi connectivity index (χ1n) is 6.13. The predicted octanol–water partition coefficient (Wildman–Crippen LogP) is 0.203. The normalized spacial score (nSPS) is 11.0. The van der Waals surface area contributed by atoms with Crippen LogP contribution in [0.25, 0.3) is 0 Å². The van der Waals surface area contributed by atoms with Crippen LogP contribution in [0.15, 0.2) is 24.3 Å². The third-order valence-electron chi connectivity index (χ3n) is 2.72. The number of hydrogen-bond donors (Lipinski definition) is 1. The van der Waals surface area contributed by atoms with Gasteiger partial charge in [-0.2, -0.15) is 0 Å². The molecule has 0 saturated heterocycles. The molecule has 0 fully saturated rings. The number of benzene rings is 1. The van der Waals surface area contributed by atoms with Gasteiger partial charge in [-0.25, -0.2) is 8.42 Å². The van der Waals surface area contributed by atoms with Gasteiger partial charge in [-0.05, 0) is 24.3 Å². The van der Waals surface area contributed by atoms with Crippen molar-refractivity contribution in [2.24, 2.45) is 5.73 Å². The van der Waals surface area contributed by atoms with Gasteiger partial charge in [0.05, 0.1) is 5.75 Å². The van der Waals surface area contributed by atoms with Crippen molar-refractivity contribution in [3.63, 3.8) is 0 Å². The van der Waals surface area contributed by atoms with E-state index in [1.54, 1.807) is 24.3 Å². The molecule has 21 heavy (non-hydrogen) atoms. The number of likely N-dealkylation sites (N-methyl/N-ethyl adjacent to an activating group) is 1. The van der Waals surface area contributed by atoms with E-state index in [9.17, 15) is 13.2 Å². The third kappa shape index (κ3) is 6.54. The minimum atomic E-state index is -3.09. The van der Waals surface area contributed by atoms with Crippen LogP contribution >= 0.6 is 12.2 Å². The predicted molar refractivity (Wildman–Crippen MR) is 85.2 cm³/mol. The maximum atomic E-state index is 11.8. The lowest BCUT2D eigenvalue weighted by molar-refractivity contribution is -0.131. The molecule has 8 heteroatoms. The van der Waals surface area contributed by atoms with Gasteiger partial charge < -0.3 is 15.4 Å². The molecule has 6 nitrogen and oxygen atoms in total. The molecular formula is C13H18N2O4S2. The first-order valence-corrected chi connectivity index (χ1v) is 8.60. The van der Waals surface area contributed by atoms with Crippen LogP contribution < -0.4 is 10.5 Å². The molecular weight excluding hydrogens is 312 g/mol. The summed E-state index contributed by atoms with van der Waals surface area (Å²) in [7, 11) is -1.56. The Kier molecular flexibility index (Phi) is 6.10. The first-order chi connectivity index (χ1) is 9.69. The molecule has 0 heterocycles. The summed E-state index contributed by atoms with van der Waals surface area (Å²) in [4.78, 5) is 13.4. The molecule has 0 radical (unpaired) electrons. The highest BCUT2D eigenvalue weighted by Crippen LogP contribution is 2.12. The van der Waals surface area contributed by atoms with Crippen LogP contribution in [0.4, 0.5) is 0 Å². The van der Waals surface area contributed by atoms with Crippen LogP contribution in [0.2, 0.25) is 0 Å². The second-order valence-corrected chi connectivity index (χ2v) is 7.32. The Morgan fingerprint density at radius 1 is 1.33 bits per heavy atom. The van der Waals surface area contributed by atoms with Crippen molar-refractivity contribution in [2.45, 2.75) is 0 Å². The Balaban J connectivity index is 2.47. The van der Waals surface area contributed by atoms with Gasteiger partial charge in [0.2, 0.25) is 0 Å². The van der Waals surface area contributed by atoms with E-state index in [2.05, 4.69) is 0 Å². The fourth-order valence-corrected chi connectivity index (χ4v) is 2.14. The highest BCUT2D eigenvalue weighted by molar-refractivity contribution is 7.90. The van der Waals surface area contributed by atoms with Crippen LogP contribution in [0.5, 0.6) is 5.75 Å². The van der Waals surface area contributed by atoms with Crippen LogP contribution in [0.3, 0.4) is 0 Å². The summed E-state index contributed by atoms with van der Waals surface area (Å²) in [6, 6.07) is 6.74. The number of carbonyl (C=O) groups excluding carboxylic acids is 1. The largest absolute Gasteiger partial charge is 0.484 e. The highest BCUT2D eigenvalue weighted by atomic mass is 32.2. The van der Waals surface area contributed by atoms with Crippen molar-refractivity contribution in [3.05, 3.63) is 29.8 Å². The summed E-state index contributed by atoms with van der Waals surface area (Å²) in [5, 5.41) is 0. The van der Waals surface area contributed by atoms with Gasteiger partial charge in [0.15, 0.2) is 6.61 Å². The maximum absolute atomic E-state index is 11.8. The number of nitrogens with two attached hydrogens (primary N) is 1. The second-order valence-electron chi connectivity index (χ2n) is 4.62.